The predicted molar refractivity (Wildman–Crippen MR) is 133 cm³/mol. The van der Waals surface area contributed by atoms with Crippen LogP contribution in [-0.4, -0.2) is 17.1 Å². The van der Waals surface area contributed by atoms with Crippen LogP contribution in [0, 0.1) is 0 Å². The molecule has 1 aliphatic carbocycles. The van der Waals surface area contributed by atoms with Gasteiger partial charge in [-0.05, 0) is 81.3 Å². The summed E-state index contributed by atoms with van der Waals surface area (Å²) in [6.45, 7) is 3.83. The molecule has 1 fully saturated rings. The van der Waals surface area contributed by atoms with Gasteiger partial charge >= 0.3 is 6.18 Å². The highest BCUT2D eigenvalue weighted by atomic mass is 19.4. The number of nitrogens with zero attached hydrogens (tertiary/aromatic N) is 1. The Kier molecular flexibility index (Phi) is 4.72. The minimum absolute atomic E-state index is 0.0754. The number of aryl methyl sites for hydroxylation is 1. The van der Waals surface area contributed by atoms with Gasteiger partial charge in [0.25, 0.3) is 0 Å². The molecule has 1 atom stereocenters. The molecule has 1 amide bonds. The van der Waals surface area contributed by atoms with Crippen molar-refractivity contribution in [1.82, 2.24) is 0 Å². The fourth-order valence-electron chi connectivity index (χ4n) is 6.84. The standard InChI is InChI=1S/C30H28F3NO4/c1-27(2)17-29(21-14-18-10-13-28(11-5-12-28)38-23(18)15-24(21)37-27)20-6-3-4-7-22(20)34(26(29)35)16-19-8-9-25(36-19)30(31,32)33/h3-4,6-9,14-15H,5,10-13,16-17H2,1-2H3/t29-/m1/s1. The zero-order valence-electron chi connectivity index (χ0n) is 21.3. The summed E-state index contributed by atoms with van der Waals surface area (Å²) in [5.74, 6) is 0.268. The molecule has 0 N–H and O–H groups in total. The first-order valence-corrected chi connectivity index (χ1v) is 13.1. The lowest BCUT2D eigenvalue weighted by Crippen LogP contribution is -2.51. The third-order valence-electron chi connectivity index (χ3n) is 8.66. The number of anilines is 1. The van der Waals surface area contributed by atoms with Crippen LogP contribution in [0.4, 0.5) is 18.9 Å². The lowest BCUT2D eigenvalue weighted by molar-refractivity contribution is -0.153. The number of hydrogen-bond acceptors (Lipinski definition) is 4. The van der Waals surface area contributed by atoms with Gasteiger partial charge in [0.05, 0.1) is 6.54 Å². The van der Waals surface area contributed by atoms with E-state index in [4.69, 9.17) is 13.9 Å². The zero-order valence-corrected chi connectivity index (χ0v) is 21.3. The second kappa shape index (κ2) is 7.58. The number of furan rings is 1. The largest absolute Gasteiger partial charge is 0.487 e. The molecule has 198 valence electrons. The maximum Gasteiger partial charge on any atom is 0.449 e. The highest BCUT2D eigenvalue weighted by Gasteiger charge is 2.59. The van der Waals surface area contributed by atoms with Crippen LogP contribution in [0.3, 0.4) is 0 Å². The van der Waals surface area contributed by atoms with E-state index in [0.29, 0.717) is 17.9 Å². The van der Waals surface area contributed by atoms with Crippen molar-refractivity contribution in [2.75, 3.05) is 4.90 Å². The highest BCUT2D eigenvalue weighted by Crippen LogP contribution is 2.58. The minimum atomic E-state index is -4.59. The van der Waals surface area contributed by atoms with Gasteiger partial charge in [-0.3, -0.25) is 4.79 Å². The molecule has 0 bridgehead atoms. The number of alkyl halides is 3. The van der Waals surface area contributed by atoms with Crippen molar-refractivity contribution in [1.29, 1.82) is 0 Å². The van der Waals surface area contributed by atoms with Gasteiger partial charge in [-0.1, -0.05) is 18.2 Å². The number of carbonyl (C=O) groups is 1. The van der Waals surface area contributed by atoms with Gasteiger partial charge in [0.1, 0.15) is 33.9 Å². The van der Waals surface area contributed by atoms with Crippen molar-refractivity contribution >= 4 is 11.6 Å². The fraction of sp³-hybridized carbons (Fsp3) is 0.433. The van der Waals surface area contributed by atoms with Crippen molar-refractivity contribution in [2.45, 2.75) is 81.7 Å². The van der Waals surface area contributed by atoms with Gasteiger partial charge in [-0.15, -0.1) is 0 Å². The molecule has 5 nitrogen and oxygen atoms in total. The van der Waals surface area contributed by atoms with E-state index in [2.05, 4.69) is 6.07 Å². The topological polar surface area (TPSA) is 51.9 Å². The Hall–Kier alpha value is -3.42. The molecule has 3 aliphatic heterocycles. The average Bonchev–Trinajstić information content (AvgIpc) is 3.40. The summed E-state index contributed by atoms with van der Waals surface area (Å²) >= 11 is 0. The number of carbonyl (C=O) groups excluding carboxylic acids is 1. The third kappa shape index (κ3) is 3.34. The third-order valence-corrected chi connectivity index (χ3v) is 8.66. The number of benzene rings is 2. The lowest BCUT2D eigenvalue weighted by Gasteiger charge is -2.47. The Morgan fingerprint density at radius 1 is 0.947 bits per heavy atom. The molecule has 0 saturated heterocycles. The summed E-state index contributed by atoms with van der Waals surface area (Å²) in [4.78, 5) is 16.1. The monoisotopic (exact) mass is 523 g/mol. The Bertz CT molecular complexity index is 1470. The molecule has 3 aromatic rings. The van der Waals surface area contributed by atoms with E-state index in [9.17, 15) is 18.0 Å². The molecular weight excluding hydrogens is 495 g/mol. The molecule has 2 aromatic carbocycles. The van der Waals surface area contributed by atoms with E-state index in [1.807, 2.05) is 44.2 Å². The molecule has 4 aliphatic rings. The Morgan fingerprint density at radius 2 is 1.74 bits per heavy atom. The molecular formula is C30H28F3NO4. The maximum atomic E-state index is 14.5. The zero-order chi connectivity index (χ0) is 26.5. The molecule has 0 radical (unpaired) electrons. The van der Waals surface area contributed by atoms with E-state index in [1.54, 1.807) is 4.90 Å². The summed E-state index contributed by atoms with van der Waals surface area (Å²) < 4.78 is 57.6. The first-order valence-electron chi connectivity index (χ1n) is 13.1. The van der Waals surface area contributed by atoms with Gasteiger partial charge in [0.2, 0.25) is 11.7 Å². The first-order chi connectivity index (χ1) is 18.0. The predicted octanol–water partition coefficient (Wildman–Crippen LogP) is 6.94. The molecule has 38 heavy (non-hydrogen) atoms. The van der Waals surface area contributed by atoms with Crippen molar-refractivity contribution in [3.05, 3.63) is 76.7 Å². The van der Waals surface area contributed by atoms with Gasteiger partial charge < -0.3 is 18.8 Å². The number of ether oxygens (including phenoxy) is 2. The van der Waals surface area contributed by atoms with Crippen LogP contribution in [-0.2, 0) is 29.4 Å². The summed E-state index contributed by atoms with van der Waals surface area (Å²) in [6, 6.07) is 13.7. The van der Waals surface area contributed by atoms with Crippen LogP contribution in [0.25, 0.3) is 0 Å². The van der Waals surface area contributed by atoms with Gasteiger partial charge in [-0.25, -0.2) is 0 Å². The van der Waals surface area contributed by atoms with E-state index in [-0.39, 0.29) is 23.8 Å². The van der Waals surface area contributed by atoms with Crippen molar-refractivity contribution in [3.63, 3.8) is 0 Å². The van der Waals surface area contributed by atoms with Crippen molar-refractivity contribution < 1.29 is 31.9 Å². The first kappa shape index (κ1) is 23.7. The van der Waals surface area contributed by atoms with E-state index in [0.717, 1.165) is 54.2 Å². The summed E-state index contributed by atoms with van der Waals surface area (Å²) in [6.07, 6.45) is 0.925. The minimum Gasteiger partial charge on any atom is -0.487 e. The van der Waals surface area contributed by atoms with Crippen LogP contribution in [0.1, 0.15) is 74.2 Å². The van der Waals surface area contributed by atoms with Crippen LogP contribution in [0.5, 0.6) is 11.5 Å². The molecule has 4 heterocycles. The molecule has 2 spiro atoms. The smallest absolute Gasteiger partial charge is 0.449 e. The van der Waals surface area contributed by atoms with E-state index in [1.165, 1.54) is 12.5 Å². The highest BCUT2D eigenvalue weighted by molar-refractivity contribution is 6.11. The van der Waals surface area contributed by atoms with Gasteiger partial charge in [0, 0.05) is 23.7 Å². The number of fused-ring (bicyclic) bond motifs is 5. The number of rotatable bonds is 2. The second-order valence-electron chi connectivity index (χ2n) is 11.7. The Balaban J connectivity index is 1.35. The molecule has 7 rings (SSSR count). The molecule has 0 unspecified atom stereocenters. The molecule has 1 saturated carbocycles. The Labute approximate surface area is 218 Å². The number of halogens is 3. The summed E-state index contributed by atoms with van der Waals surface area (Å²) in [5, 5.41) is 0. The fourth-order valence-corrected chi connectivity index (χ4v) is 6.84. The van der Waals surface area contributed by atoms with Crippen LogP contribution >= 0.6 is 0 Å². The SMILES string of the molecule is CC1(C)C[C@]2(C(=O)N(Cc3ccc(C(F)(F)F)o3)c3ccccc32)c2cc3c(cc2O1)OC1(CCC1)CC3. The average molecular weight is 524 g/mol. The summed E-state index contributed by atoms with van der Waals surface area (Å²) in [5.41, 5.74) is 1.58. The normalized spacial score (nSPS) is 24.3. The van der Waals surface area contributed by atoms with Crippen molar-refractivity contribution in [3.8, 4) is 11.5 Å². The molecule has 1 aromatic heterocycles. The van der Waals surface area contributed by atoms with Gasteiger partial charge in [-0.2, -0.15) is 13.2 Å². The number of hydrogen-bond donors (Lipinski definition) is 0. The van der Waals surface area contributed by atoms with Crippen molar-refractivity contribution in [2.24, 2.45) is 0 Å². The lowest BCUT2D eigenvalue weighted by atomic mass is 9.66. The van der Waals surface area contributed by atoms with Crippen LogP contribution in [0.15, 0.2) is 52.9 Å². The number of para-hydroxylation sites is 1. The van der Waals surface area contributed by atoms with Crippen LogP contribution < -0.4 is 14.4 Å². The molecule has 8 heteroatoms. The van der Waals surface area contributed by atoms with E-state index >= 15 is 0 Å². The number of amides is 1. The van der Waals surface area contributed by atoms with Crippen LogP contribution in [0.2, 0.25) is 0 Å². The quantitative estimate of drug-likeness (QED) is 0.365. The maximum absolute atomic E-state index is 14.5. The Morgan fingerprint density at radius 3 is 2.45 bits per heavy atom. The second-order valence-corrected chi connectivity index (χ2v) is 11.7. The van der Waals surface area contributed by atoms with E-state index < -0.39 is 23.0 Å². The van der Waals surface area contributed by atoms with Gasteiger partial charge in [0.15, 0.2) is 0 Å². The summed E-state index contributed by atoms with van der Waals surface area (Å²) in [7, 11) is 0.